The van der Waals surface area contributed by atoms with Crippen molar-refractivity contribution in [1.82, 2.24) is 20.0 Å². The van der Waals surface area contributed by atoms with Crippen LogP contribution < -0.4 is 10.1 Å². The maximum absolute atomic E-state index is 14.7. The molecule has 1 saturated heterocycles. The number of aryl methyl sites for hydroxylation is 2. The van der Waals surface area contributed by atoms with E-state index >= 15 is 0 Å². The molecule has 1 unspecified atom stereocenters. The Bertz CT molecular complexity index is 1490. The summed E-state index contributed by atoms with van der Waals surface area (Å²) in [6.07, 6.45) is -3.14. The number of likely N-dealkylation sites (N-methyl/N-ethyl adjacent to an activating group) is 1. The number of nitrogens with one attached hydrogen (secondary N) is 1. The molecular formula is C32H45F2N5O6Si. The van der Waals surface area contributed by atoms with Crippen LogP contribution in [0, 0.1) is 13.8 Å². The zero-order chi connectivity index (χ0) is 33.8. The molecule has 1 aromatic carbocycles. The maximum Gasteiger partial charge on any atom is 0.407 e. The Morgan fingerprint density at radius 2 is 1.89 bits per heavy atom. The monoisotopic (exact) mass is 661 g/mol. The highest BCUT2D eigenvalue weighted by Crippen LogP contribution is 2.40. The predicted molar refractivity (Wildman–Crippen MR) is 173 cm³/mol. The molecule has 0 saturated carbocycles. The van der Waals surface area contributed by atoms with Gasteiger partial charge < -0.3 is 33.7 Å². The van der Waals surface area contributed by atoms with Gasteiger partial charge in [0, 0.05) is 31.9 Å². The molecule has 3 aromatic rings. The summed E-state index contributed by atoms with van der Waals surface area (Å²) < 4.78 is 53.0. The third-order valence-electron chi connectivity index (χ3n) is 8.60. The summed E-state index contributed by atoms with van der Waals surface area (Å²) in [5.74, 6) is 1.11. The van der Waals surface area contributed by atoms with Gasteiger partial charge in [-0.2, -0.15) is 0 Å². The first kappa shape index (κ1) is 35.2. The van der Waals surface area contributed by atoms with E-state index in [-0.39, 0.29) is 47.1 Å². The molecule has 46 heavy (non-hydrogen) atoms. The lowest BCUT2D eigenvalue weighted by atomic mass is 10.0. The molecule has 0 bridgehead atoms. The predicted octanol–water partition coefficient (Wildman–Crippen LogP) is 7.32. The molecule has 0 radical (unpaired) electrons. The van der Waals surface area contributed by atoms with Gasteiger partial charge in [0.2, 0.25) is 0 Å². The van der Waals surface area contributed by atoms with Gasteiger partial charge in [0.1, 0.15) is 23.9 Å². The minimum atomic E-state index is -2.86. The number of alkyl halides is 2. The average Bonchev–Trinajstić information content (AvgIpc) is 3.32. The standard InChI is InChI=1S/C32H45F2N5O6Si/c1-19-25(20(2)44-38-19)27-26(28(33)34)30(35-22-12-14-42-15-13-22)37-29(36-27)21-10-9-11-23(16-21)43-18-24(17-39(6)31(40)41)45-46(7,8)32(3,4)5/h9-11,16,22,24,28H,12-15,17-18H2,1-8H3,(H,40,41)(H,35,36,37). The fourth-order valence-electron chi connectivity index (χ4n) is 4.98. The van der Waals surface area contributed by atoms with Crippen LogP contribution in [0.1, 0.15) is 57.1 Å². The summed E-state index contributed by atoms with van der Waals surface area (Å²) >= 11 is 0. The number of hydrogen-bond acceptors (Lipinski definition) is 9. The Balaban J connectivity index is 1.70. The highest BCUT2D eigenvalue weighted by Gasteiger charge is 2.40. The molecule has 252 valence electrons. The van der Waals surface area contributed by atoms with E-state index < -0.39 is 26.9 Å². The molecule has 14 heteroatoms. The van der Waals surface area contributed by atoms with Gasteiger partial charge in [0.05, 0.1) is 35.2 Å². The molecule has 1 amide bonds. The quantitative estimate of drug-likeness (QED) is 0.190. The highest BCUT2D eigenvalue weighted by atomic mass is 28.4. The minimum absolute atomic E-state index is 0.0489. The second-order valence-electron chi connectivity index (χ2n) is 13.2. The summed E-state index contributed by atoms with van der Waals surface area (Å²) in [5.41, 5.74) is 1.12. The van der Waals surface area contributed by atoms with Crippen molar-refractivity contribution < 1.29 is 37.1 Å². The Morgan fingerprint density at radius 1 is 1.20 bits per heavy atom. The molecule has 2 N–H and O–H groups in total. The number of carbonyl (C=O) groups is 1. The lowest BCUT2D eigenvalue weighted by molar-refractivity contribution is 0.0794. The van der Waals surface area contributed by atoms with Gasteiger partial charge in [-0.05, 0) is 57.0 Å². The van der Waals surface area contributed by atoms with Crippen molar-refractivity contribution in [2.75, 3.05) is 38.7 Å². The zero-order valence-corrected chi connectivity index (χ0v) is 28.8. The molecule has 2 aromatic heterocycles. The first-order valence-corrected chi connectivity index (χ1v) is 18.3. The van der Waals surface area contributed by atoms with Crippen LogP contribution in [0.25, 0.3) is 22.6 Å². The van der Waals surface area contributed by atoms with Crippen LogP contribution in [0.4, 0.5) is 19.4 Å². The normalized spacial score (nSPS) is 15.2. The van der Waals surface area contributed by atoms with Gasteiger partial charge in [-0.15, -0.1) is 0 Å². The minimum Gasteiger partial charge on any atom is -0.491 e. The number of aromatic nitrogens is 3. The molecule has 1 atom stereocenters. The number of amides is 1. The lowest BCUT2D eigenvalue weighted by Crippen LogP contribution is -2.49. The first-order chi connectivity index (χ1) is 21.6. The van der Waals surface area contributed by atoms with Crippen LogP contribution in [0.2, 0.25) is 18.1 Å². The smallest absolute Gasteiger partial charge is 0.407 e. The number of halogens is 2. The van der Waals surface area contributed by atoms with Crippen molar-refractivity contribution in [3.63, 3.8) is 0 Å². The van der Waals surface area contributed by atoms with Crippen LogP contribution in [-0.2, 0) is 9.16 Å². The second kappa shape index (κ2) is 14.4. The van der Waals surface area contributed by atoms with Crippen LogP contribution >= 0.6 is 0 Å². The van der Waals surface area contributed by atoms with E-state index in [0.29, 0.717) is 54.4 Å². The summed E-state index contributed by atoms with van der Waals surface area (Å²) in [5, 5.41) is 16.6. The number of rotatable bonds is 12. The van der Waals surface area contributed by atoms with Gasteiger partial charge in [0.25, 0.3) is 6.43 Å². The molecule has 0 spiro atoms. The first-order valence-electron chi connectivity index (χ1n) is 15.4. The van der Waals surface area contributed by atoms with E-state index in [9.17, 15) is 18.7 Å². The summed E-state index contributed by atoms with van der Waals surface area (Å²) in [6.45, 7) is 15.2. The van der Waals surface area contributed by atoms with Gasteiger partial charge in [0.15, 0.2) is 14.1 Å². The maximum atomic E-state index is 14.7. The number of hydrogen-bond donors (Lipinski definition) is 2. The number of anilines is 1. The zero-order valence-electron chi connectivity index (χ0n) is 27.8. The molecule has 1 fully saturated rings. The van der Waals surface area contributed by atoms with Gasteiger partial charge in [-0.25, -0.2) is 23.5 Å². The fraction of sp³-hybridized carbons (Fsp3) is 0.562. The number of benzene rings is 1. The van der Waals surface area contributed by atoms with Crippen molar-refractivity contribution in [2.24, 2.45) is 0 Å². The lowest BCUT2D eigenvalue weighted by Gasteiger charge is -2.39. The Kier molecular flexibility index (Phi) is 11.1. The number of nitrogens with zero attached hydrogens (tertiary/aromatic N) is 4. The summed E-state index contributed by atoms with van der Waals surface area (Å²) in [7, 11) is -0.768. The van der Waals surface area contributed by atoms with Crippen molar-refractivity contribution in [3.05, 3.63) is 41.3 Å². The van der Waals surface area contributed by atoms with Gasteiger partial charge in [-0.3, -0.25) is 0 Å². The van der Waals surface area contributed by atoms with Crippen LogP contribution in [0.15, 0.2) is 28.8 Å². The second-order valence-corrected chi connectivity index (χ2v) is 17.9. The van der Waals surface area contributed by atoms with E-state index in [4.69, 9.17) is 18.4 Å². The van der Waals surface area contributed by atoms with E-state index in [1.807, 2.05) is 0 Å². The Labute approximate surface area is 269 Å². The molecule has 1 aliphatic heterocycles. The molecule has 3 heterocycles. The average molecular weight is 662 g/mol. The van der Waals surface area contributed by atoms with Crippen molar-refractivity contribution >= 4 is 20.2 Å². The summed E-state index contributed by atoms with van der Waals surface area (Å²) in [4.78, 5) is 22.1. The van der Waals surface area contributed by atoms with E-state index in [1.165, 1.54) is 11.9 Å². The topological polar surface area (TPSA) is 132 Å². The molecule has 4 rings (SSSR count). The van der Waals surface area contributed by atoms with Crippen molar-refractivity contribution in [1.29, 1.82) is 0 Å². The van der Waals surface area contributed by atoms with Crippen molar-refractivity contribution in [2.45, 2.75) is 84.2 Å². The van der Waals surface area contributed by atoms with E-state index in [1.54, 1.807) is 38.1 Å². The molecule has 0 aliphatic carbocycles. The Hall–Kier alpha value is -3.62. The van der Waals surface area contributed by atoms with Crippen LogP contribution in [-0.4, -0.2) is 85.1 Å². The number of ether oxygens (including phenoxy) is 2. The SMILES string of the molecule is Cc1noc(C)c1-c1nc(-c2cccc(OCC(CN(C)C(=O)O)O[Si](C)(C)C(C)(C)C)c2)nc(NC2CCOCC2)c1C(F)F. The summed E-state index contributed by atoms with van der Waals surface area (Å²) in [6, 6.07) is 6.95. The largest absolute Gasteiger partial charge is 0.491 e. The molecule has 11 nitrogen and oxygen atoms in total. The third-order valence-corrected chi connectivity index (χ3v) is 13.1. The molecule has 1 aliphatic rings. The van der Waals surface area contributed by atoms with Crippen LogP contribution in [0.3, 0.4) is 0 Å². The van der Waals surface area contributed by atoms with E-state index in [2.05, 4.69) is 54.3 Å². The third kappa shape index (κ3) is 8.39. The van der Waals surface area contributed by atoms with Gasteiger partial charge >= 0.3 is 6.09 Å². The number of carboxylic acid groups (broad SMARTS) is 1. The fourth-order valence-corrected chi connectivity index (χ4v) is 6.31. The van der Waals surface area contributed by atoms with Gasteiger partial charge in [-0.1, -0.05) is 38.1 Å². The highest BCUT2D eigenvalue weighted by molar-refractivity contribution is 6.74. The van der Waals surface area contributed by atoms with E-state index in [0.717, 1.165) is 0 Å². The van der Waals surface area contributed by atoms with Crippen LogP contribution in [0.5, 0.6) is 5.75 Å². The Morgan fingerprint density at radius 3 is 2.48 bits per heavy atom. The van der Waals surface area contributed by atoms with Crippen molar-refractivity contribution in [3.8, 4) is 28.4 Å². The molecular weight excluding hydrogens is 616 g/mol.